The molecule has 1 saturated heterocycles. The molecule has 2 aromatic rings. The first-order valence-corrected chi connectivity index (χ1v) is 12.7. The number of ether oxygens (including phenoxy) is 2. The number of esters is 2. The number of fused-ring (bicyclic) bond motifs is 2. The van der Waals surface area contributed by atoms with Gasteiger partial charge in [-0.3, -0.25) is 14.5 Å². The number of allylic oxidation sites excluding steroid dienone is 1. The minimum atomic E-state index is -1.24. The largest absolute Gasteiger partial charge is 0.417 e. The van der Waals surface area contributed by atoms with E-state index < -0.39 is 41.5 Å². The van der Waals surface area contributed by atoms with Gasteiger partial charge in [-0.05, 0) is 11.6 Å². The number of carbonyl (C=O) groups is 4. The summed E-state index contributed by atoms with van der Waals surface area (Å²) in [5, 5.41) is 7.54. The van der Waals surface area contributed by atoms with E-state index in [-0.39, 0.29) is 22.2 Å². The Hall–Kier alpha value is -4.17. The maximum atomic E-state index is 13.2. The Bertz CT molecular complexity index is 1400. The number of benzene rings is 1. The number of thioether (sulfide) groups is 1. The number of β-lactam (4-membered cyclic amide) rings is 1. The van der Waals surface area contributed by atoms with Crippen LogP contribution in [0.2, 0.25) is 0 Å². The molecule has 0 radical (unpaired) electrons. The molecule has 3 atom stereocenters. The molecule has 14 heteroatoms. The highest BCUT2D eigenvalue weighted by Gasteiger charge is 2.55. The Balaban J connectivity index is 1.34. The molecule has 0 saturated carbocycles. The van der Waals surface area contributed by atoms with Crippen molar-refractivity contribution in [2.45, 2.75) is 17.7 Å². The van der Waals surface area contributed by atoms with Gasteiger partial charge in [0.15, 0.2) is 10.8 Å². The lowest BCUT2D eigenvalue weighted by atomic mass is 10.0. The summed E-state index contributed by atoms with van der Waals surface area (Å²) in [5.41, 5.74) is 6.87. The second-order valence-corrected chi connectivity index (χ2v) is 9.86. The quantitative estimate of drug-likeness (QED) is 0.226. The maximum absolute atomic E-state index is 13.2. The van der Waals surface area contributed by atoms with Crippen molar-refractivity contribution in [2.75, 3.05) is 18.6 Å². The van der Waals surface area contributed by atoms with E-state index in [1.165, 1.54) is 35.2 Å². The zero-order valence-electron chi connectivity index (χ0n) is 19.2. The van der Waals surface area contributed by atoms with E-state index in [4.69, 9.17) is 20.0 Å². The van der Waals surface area contributed by atoms with Crippen LogP contribution in [-0.4, -0.2) is 63.6 Å². The van der Waals surface area contributed by atoms with Gasteiger partial charge in [-0.2, -0.15) is 0 Å². The number of cyclic esters (lactones) is 1. The molecular weight excluding hydrogens is 522 g/mol. The molecule has 0 aliphatic carbocycles. The van der Waals surface area contributed by atoms with Crippen LogP contribution in [0, 0.1) is 0 Å². The van der Waals surface area contributed by atoms with Crippen LogP contribution in [0.3, 0.4) is 0 Å². The van der Waals surface area contributed by atoms with E-state index in [1.54, 1.807) is 24.3 Å². The summed E-state index contributed by atoms with van der Waals surface area (Å²) < 4.78 is 10.7. The van der Waals surface area contributed by atoms with Crippen molar-refractivity contribution in [2.24, 2.45) is 5.16 Å². The van der Waals surface area contributed by atoms with Crippen molar-refractivity contribution < 1.29 is 33.5 Å². The first-order chi connectivity index (χ1) is 17.8. The van der Waals surface area contributed by atoms with Crippen molar-refractivity contribution in [3.05, 3.63) is 70.4 Å². The highest BCUT2D eigenvalue weighted by molar-refractivity contribution is 8.00. The van der Waals surface area contributed by atoms with Crippen molar-refractivity contribution >= 4 is 57.7 Å². The van der Waals surface area contributed by atoms with Gasteiger partial charge in [0.05, 0.1) is 5.56 Å². The SMILES string of the molecule is C=CC1=C(C(=O)OC2OC(=O)c3ccccc32)N2C(=O)C(NC(=O)C(=NOC)c3csc(N)n3)[C@@H]2SC1. The van der Waals surface area contributed by atoms with Gasteiger partial charge in [0, 0.05) is 16.7 Å². The van der Waals surface area contributed by atoms with Crippen LogP contribution in [0.15, 0.2) is 58.7 Å². The molecule has 5 rings (SSSR count). The Labute approximate surface area is 218 Å². The van der Waals surface area contributed by atoms with E-state index in [0.717, 1.165) is 11.3 Å². The van der Waals surface area contributed by atoms with Gasteiger partial charge in [-0.1, -0.05) is 36.0 Å². The zero-order valence-corrected chi connectivity index (χ0v) is 20.8. The lowest BCUT2D eigenvalue weighted by Crippen LogP contribution is -2.71. The summed E-state index contributed by atoms with van der Waals surface area (Å²) in [5.74, 6) is -2.36. The molecule has 1 fully saturated rings. The minimum Gasteiger partial charge on any atom is -0.417 e. The third-order valence-corrected chi connectivity index (χ3v) is 7.73. The smallest absolute Gasteiger partial charge is 0.358 e. The van der Waals surface area contributed by atoms with E-state index in [0.29, 0.717) is 22.5 Å². The van der Waals surface area contributed by atoms with Crippen LogP contribution < -0.4 is 11.1 Å². The van der Waals surface area contributed by atoms with Crippen LogP contribution in [0.5, 0.6) is 0 Å². The van der Waals surface area contributed by atoms with E-state index in [9.17, 15) is 19.2 Å². The van der Waals surface area contributed by atoms with Gasteiger partial charge in [-0.15, -0.1) is 23.1 Å². The molecule has 0 bridgehead atoms. The molecule has 2 amide bonds. The third kappa shape index (κ3) is 4.23. The lowest BCUT2D eigenvalue weighted by Gasteiger charge is -2.49. The molecule has 3 aliphatic rings. The summed E-state index contributed by atoms with van der Waals surface area (Å²) in [6.45, 7) is 3.73. The van der Waals surface area contributed by atoms with Gasteiger partial charge in [0.25, 0.3) is 18.1 Å². The number of hydrogen-bond donors (Lipinski definition) is 2. The van der Waals surface area contributed by atoms with E-state index in [2.05, 4.69) is 22.0 Å². The number of amides is 2. The van der Waals surface area contributed by atoms with Gasteiger partial charge >= 0.3 is 11.9 Å². The molecule has 1 aromatic heterocycles. The standard InChI is InChI=1S/C23H19N5O7S2/c1-3-10-8-36-19-15(26-17(29)14(27-33-2)13-9-37-23(24)25-13)18(30)28(19)16(10)21(32)35-22-12-7-5-4-6-11(12)20(31)34-22/h3-7,9,15,19,22H,1,8H2,2H3,(H2,24,25)(H,26,29)/t15?,19-,22?/m0/s1. The normalized spacial score (nSPS) is 22.5. The molecule has 2 unspecified atom stereocenters. The van der Waals surface area contributed by atoms with Crippen molar-refractivity contribution in [1.82, 2.24) is 15.2 Å². The Morgan fingerprint density at radius 2 is 2.14 bits per heavy atom. The summed E-state index contributed by atoms with van der Waals surface area (Å²) in [6, 6.07) is 5.60. The Kier molecular flexibility index (Phi) is 6.43. The number of aromatic nitrogens is 1. The number of hydrogen-bond acceptors (Lipinski definition) is 12. The van der Waals surface area contributed by atoms with E-state index in [1.807, 2.05) is 0 Å². The van der Waals surface area contributed by atoms with Crippen LogP contribution in [0.1, 0.15) is 27.9 Å². The molecule has 3 aliphatic heterocycles. The molecule has 3 N–H and O–H groups in total. The molecule has 0 spiro atoms. The highest BCUT2D eigenvalue weighted by atomic mass is 32.2. The van der Waals surface area contributed by atoms with Crippen LogP contribution >= 0.6 is 23.1 Å². The average Bonchev–Trinajstić information content (AvgIpc) is 3.47. The topological polar surface area (TPSA) is 163 Å². The monoisotopic (exact) mass is 541 g/mol. The average molecular weight is 542 g/mol. The van der Waals surface area contributed by atoms with Crippen molar-refractivity contribution in [1.29, 1.82) is 0 Å². The van der Waals surface area contributed by atoms with Crippen LogP contribution in [-0.2, 0) is 28.7 Å². The number of anilines is 1. The lowest BCUT2D eigenvalue weighted by molar-refractivity contribution is -0.168. The minimum absolute atomic E-state index is 0.0206. The molecular formula is C23H19N5O7S2. The first-order valence-electron chi connectivity index (χ1n) is 10.8. The second kappa shape index (κ2) is 9.71. The number of oxime groups is 1. The third-order valence-electron chi connectivity index (χ3n) is 5.75. The summed E-state index contributed by atoms with van der Waals surface area (Å²) >= 11 is 2.46. The van der Waals surface area contributed by atoms with Crippen LogP contribution in [0.4, 0.5) is 5.13 Å². The predicted molar refractivity (Wildman–Crippen MR) is 133 cm³/mol. The van der Waals surface area contributed by atoms with Gasteiger partial charge in [0.1, 0.15) is 29.9 Å². The number of nitrogens with one attached hydrogen (secondary N) is 1. The van der Waals surface area contributed by atoms with Gasteiger partial charge < -0.3 is 25.4 Å². The summed E-state index contributed by atoms with van der Waals surface area (Å²) in [4.78, 5) is 61.5. The Morgan fingerprint density at radius 3 is 2.84 bits per heavy atom. The molecule has 1 aromatic carbocycles. The highest BCUT2D eigenvalue weighted by Crippen LogP contribution is 2.42. The Morgan fingerprint density at radius 1 is 1.35 bits per heavy atom. The predicted octanol–water partition coefficient (Wildman–Crippen LogP) is 1.33. The number of nitrogen functional groups attached to an aromatic ring is 1. The molecule has 4 heterocycles. The van der Waals surface area contributed by atoms with Gasteiger partial charge in [0.2, 0.25) is 0 Å². The first kappa shape index (κ1) is 24.5. The fraction of sp³-hybridized carbons (Fsp3) is 0.217. The van der Waals surface area contributed by atoms with Crippen LogP contribution in [0.25, 0.3) is 0 Å². The number of nitrogens with zero attached hydrogens (tertiary/aromatic N) is 3. The summed E-state index contributed by atoms with van der Waals surface area (Å²) in [7, 11) is 1.27. The second-order valence-electron chi connectivity index (χ2n) is 7.86. The number of thiazole rings is 1. The van der Waals surface area contributed by atoms with Crippen molar-refractivity contribution in [3.63, 3.8) is 0 Å². The maximum Gasteiger partial charge on any atom is 0.358 e. The van der Waals surface area contributed by atoms with Gasteiger partial charge in [-0.25, -0.2) is 14.6 Å². The molecule has 37 heavy (non-hydrogen) atoms. The van der Waals surface area contributed by atoms with Crippen molar-refractivity contribution in [3.8, 4) is 0 Å². The molecule has 12 nitrogen and oxygen atoms in total. The molecule has 190 valence electrons. The zero-order chi connectivity index (χ0) is 26.3. The fourth-order valence-corrected chi connectivity index (χ4v) is 5.93. The van der Waals surface area contributed by atoms with E-state index >= 15 is 0 Å². The number of rotatable bonds is 7. The summed E-state index contributed by atoms with van der Waals surface area (Å²) in [6.07, 6.45) is 0.219. The number of carbonyl (C=O) groups excluding carboxylic acids is 4. The fourth-order valence-electron chi connectivity index (χ4n) is 4.04. The number of nitrogens with two attached hydrogens (primary N) is 1.